The zero-order chi connectivity index (χ0) is 18.1. The van der Waals surface area contributed by atoms with Gasteiger partial charge in [0.2, 0.25) is 0 Å². The van der Waals surface area contributed by atoms with Gasteiger partial charge in [0.05, 0.1) is 29.6 Å². The Morgan fingerprint density at radius 3 is 2.58 bits per heavy atom. The predicted octanol–water partition coefficient (Wildman–Crippen LogP) is 1.76. The SMILES string of the molecule is CCc1c(C(=O)N2CCC(COC)(C(=O)O)C2)cnn1C(C)(C)C. The molecular formula is C17H27N3O4. The van der Waals surface area contributed by atoms with Gasteiger partial charge in [-0.15, -0.1) is 0 Å². The molecule has 1 unspecified atom stereocenters. The van der Waals surface area contributed by atoms with Crippen LogP contribution in [0.1, 0.15) is 50.2 Å². The van der Waals surface area contributed by atoms with E-state index in [1.165, 1.54) is 7.11 Å². The van der Waals surface area contributed by atoms with Crippen molar-refractivity contribution in [3.05, 3.63) is 17.5 Å². The number of aromatic nitrogens is 2. The normalized spacial score (nSPS) is 21.3. The summed E-state index contributed by atoms with van der Waals surface area (Å²) in [5, 5.41) is 13.9. The number of methoxy groups -OCH3 is 1. The summed E-state index contributed by atoms with van der Waals surface area (Å²) in [6.07, 6.45) is 2.69. The highest BCUT2D eigenvalue weighted by molar-refractivity contribution is 5.96. The van der Waals surface area contributed by atoms with Crippen molar-refractivity contribution in [2.24, 2.45) is 5.41 Å². The number of carboxylic acid groups (broad SMARTS) is 1. The molecule has 0 saturated carbocycles. The van der Waals surface area contributed by atoms with Crippen LogP contribution in [0.2, 0.25) is 0 Å². The highest BCUT2D eigenvalue weighted by atomic mass is 16.5. The lowest BCUT2D eigenvalue weighted by Crippen LogP contribution is -2.40. The highest BCUT2D eigenvalue weighted by Crippen LogP contribution is 2.33. The fourth-order valence-corrected chi connectivity index (χ4v) is 3.32. The van der Waals surface area contributed by atoms with Crippen LogP contribution in [-0.4, -0.2) is 58.5 Å². The van der Waals surface area contributed by atoms with Crippen molar-refractivity contribution in [3.63, 3.8) is 0 Å². The third kappa shape index (κ3) is 3.17. The fraction of sp³-hybridized carbons (Fsp3) is 0.706. The summed E-state index contributed by atoms with van der Waals surface area (Å²) < 4.78 is 6.95. The molecule has 2 heterocycles. The van der Waals surface area contributed by atoms with Crippen molar-refractivity contribution < 1.29 is 19.4 Å². The van der Waals surface area contributed by atoms with Gasteiger partial charge in [0.25, 0.3) is 5.91 Å². The van der Waals surface area contributed by atoms with Crippen LogP contribution in [0.25, 0.3) is 0 Å². The Hall–Kier alpha value is -1.89. The number of carboxylic acids is 1. The van der Waals surface area contributed by atoms with Crippen molar-refractivity contribution >= 4 is 11.9 Å². The number of carbonyl (C=O) groups is 2. The third-order valence-corrected chi connectivity index (χ3v) is 4.58. The molecule has 7 nitrogen and oxygen atoms in total. The van der Waals surface area contributed by atoms with Crippen LogP contribution < -0.4 is 0 Å². The molecule has 1 aromatic rings. The first-order chi connectivity index (χ1) is 11.2. The van der Waals surface area contributed by atoms with Crippen molar-refractivity contribution in [2.45, 2.75) is 46.1 Å². The van der Waals surface area contributed by atoms with Gasteiger partial charge in [-0.2, -0.15) is 5.10 Å². The van der Waals surface area contributed by atoms with Crippen molar-refractivity contribution in [1.82, 2.24) is 14.7 Å². The molecule has 0 aliphatic carbocycles. The largest absolute Gasteiger partial charge is 0.481 e. The second-order valence-electron chi connectivity index (χ2n) is 7.44. The summed E-state index contributed by atoms with van der Waals surface area (Å²) in [4.78, 5) is 26.2. The lowest BCUT2D eigenvalue weighted by atomic mass is 9.88. The smallest absolute Gasteiger partial charge is 0.313 e. The Balaban J connectivity index is 2.28. The Kier molecular flexibility index (Phi) is 5.03. The van der Waals surface area contributed by atoms with E-state index < -0.39 is 11.4 Å². The number of rotatable bonds is 5. The topological polar surface area (TPSA) is 84.7 Å². The minimum Gasteiger partial charge on any atom is -0.481 e. The van der Waals surface area contributed by atoms with Gasteiger partial charge in [-0.3, -0.25) is 14.3 Å². The number of amides is 1. The second-order valence-corrected chi connectivity index (χ2v) is 7.44. The summed E-state index contributed by atoms with van der Waals surface area (Å²) >= 11 is 0. The first kappa shape index (κ1) is 18.4. The van der Waals surface area contributed by atoms with Crippen molar-refractivity contribution in [2.75, 3.05) is 26.8 Å². The van der Waals surface area contributed by atoms with E-state index in [0.717, 1.165) is 5.69 Å². The average molecular weight is 337 g/mol. The van der Waals surface area contributed by atoms with E-state index in [1.54, 1.807) is 11.1 Å². The molecule has 1 fully saturated rings. The van der Waals surface area contributed by atoms with Crippen LogP contribution in [-0.2, 0) is 21.5 Å². The third-order valence-electron chi connectivity index (χ3n) is 4.58. The van der Waals surface area contributed by atoms with Crippen molar-refractivity contribution in [1.29, 1.82) is 0 Å². The number of hydrogen-bond donors (Lipinski definition) is 1. The molecule has 134 valence electrons. The summed E-state index contributed by atoms with van der Waals surface area (Å²) in [6.45, 7) is 8.80. The van der Waals surface area contributed by atoms with E-state index in [0.29, 0.717) is 24.9 Å². The molecule has 2 rings (SSSR count). The highest BCUT2D eigenvalue weighted by Gasteiger charge is 2.47. The molecule has 24 heavy (non-hydrogen) atoms. The molecular weight excluding hydrogens is 310 g/mol. The molecule has 0 radical (unpaired) electrons. The standard InChI is InChI=1S/C17H27N3O4/c1-6-13-12(9-18-20(13)16(2,3)4)14(21)19-8-7-17(10-19,11-24-5)15(22)23/h9H,6-8,10-11H2,1-5H3,(H,22,23). The van der Waals surface area contributed by atoms with E-state index in [4.69, 9.17) is 4.74 Å². The van der Waals surface area contributed by atoms with Crippen LogP contribution in [0.5, 0.6) is 0 Å². The molecule has 1 N–H and O–H groups in total. The van der Waals surface area contributed by atoms with Gasteiger partial charge in [0, 0.05) is 20.2 Å². The molecule has 1 amide bonds. The number of aliphatic carboxylic acids is 1. The predicted molar refractivity (Wildman–Crippen MR) is 89.1 cm³/mol. The van der Waals surface area contributed by atoms with Gasteiger partial charge in [0.15, 0.2) is 0 Å². The molecule has 1 aliphatic rings. The van der Waals surface area contributed by atoms with Crippen LogP contribution in [0.15, 0.2) is 6.20 Å². The second kappa shape index (κ2) is 6.55. The van der Waals surface area contributed by atoms with Gasteiger partial charge < -0.3 is 14.7 Å². The van der Waals surface area contributed by atoms with Gasteiger partial charge in [-0.25, -0.2) is 0 Å². The first-order valence-electron chi connectivity index (χ1n) is 8.25. The number of carbonyl (C=O) groups excluding carboxylic acids is 1. The monoisotopic (exact) mass is 337 g/mol. The molecule has 1 aromatic heterocycles. The fourth-order valence-electron chi connectivity index (χ4n) is 3.32. The molecule has 1 aliphatic heterocycles. The summed E-state index contributed by atoms with van der Waals surface area (Å²) in [7, 11) is 1.48. The minimum atomic E-state index is -1.02. The Bertz CT molecular complexity index is 632. The van der Waals surface area contributed by atoms with Gasteiger partial charge in [-0.05, 0) is 33.6 Å². The number of likely N-dealkylation sites (tertiary alicyclic amines) is 1. The summed E-state index contributed by atoms with van der Waals surface area (Å²) in [6, 6.07) is 0. The average Bonchev–Trinajstić information content (AvgIpc) is 3.11. The van der Waals surface area contributed by atoms with Crippen LogP contribution in [0.4, 0.5) is 0 Å². The maximum absolute atomic E-state index is 12.9. The molecule has 0 bridgehead atoms. The summed E-state index contributed by atoms with van der Waals surface area (Å²) in [5.41, 5.74) is 0.213. The van der Waals surface area contributed by atoms with Gasteiger partial charge in [-0.1, -0.05) is 6.92 Å². The first-order valence-corrected chi connectivity index (χ1v) is 8.25. The number of ether oxygens (including phenoxy) is 1. The van der Waals surface area contributed by atoms with Crippen LogP contribution in [0.3, 0.4) is 0 Å². The van der Waals surface area contributed by atoms with E-state index in [9.17, 15) is 14.7 Å². The Morgan fingerprint density at radius 2 is 2.08 bits per heavy atom. The van der Waals surface area contributed by atoms with E-state index in [-0.39, 0.29) is 24.6 Å². The molecule has 0 aromatic carbocycles. The quantitative estimate of drug-likeness (QED) is 0.885. The number of hydrogen-bond acceptors (Lipinski definition) is 4. The van der Waals surface area contributed by atoms with Crippen LogP contribution >= 0.6 is 0 Å². The lowest BCUT2D eigenvalue weighted by molar-refractivity contribution is -0.151. The van der Waals surface area contributed by atoms with E-state index >= 15 is 0 Å². The Morgan fingerprint density at radius 1 is 1.42 bits per heavy atom. The summed E-state index contributed by atoms with van der Waals surface area (Å²) in [5.74, 6) is -1.07. The van der Waals surface area contributed by atoms with Crippen LogP contribution in [0, 0.1) is 5.41 Å². The maximum atomic E-state index is 12.9. The molecule has 7 heteroatoms. The molecule has 0 spiro atoms. The number of nitrogens with zero attached hydrogens (tertiary/aromatic N) is 3. The van der Waals surface area contributed by atoms with E-state index in [2.05, 4.69) is 5.10 Å². The molecule has 1 atom stereocenters. The zero-order valence-electron chi connectivity index (χ0n) is 15.1. The Labute approximate surface area is 142 Å². The maximum Gasteiger partial charge on any atom is 0.313 e. The van der Waals surface area contributed by atoms with E-state index in [1.807, 2.05) is 32.4 Å². The minimum absolute atomic E-state index is 0.105. The zero-order valence-corrected chi connectivity index (χ0v) is 15.1. The van der Waals surface area contributed by atoms with Gasteiger partial charge >= 0.3 is 5.97 Å². The molecule has 1 saturated heterocycles. The van der Waals surface area contributed by atoms with Gasteiger partial charge in [0.1, 0.15) is 5.41 Å². The van der Waals surface area contributed by atoms with Crippen molar-refractivity contribution in [3.8, 4) is 0 Å². The lowest BCUT2D eigenvalue weighted by Gasteiger charge is -2.25.